The average molecular weight is 322 g/mol. The van der Waals surface area contributed by atoms with Crippen LogP contribution >= 0.6 is 0 Å². The molecule has 0 N–H and O–H groups in total. The van der Waals surface area contributed by atoms with Crippen LogP contribution in [-0.2, 0) is 6.61 Å². The van der Waals surface area contributed by atoms with E-state index in [-0.39, 0.29) is 63.8 Å². The summed E-state index contributed by atoms with van der Waals surface area (Å²) in [6.07, 6.45) is 0. The monoisotopic (exact) mass is 322 g/mol. The Hall–Kier alpha value is -0.339. The van der Waals surface area contributed by atoms with Gasteiger partial charge in [0, 0.05) is 0 Å². The summed E-state index contributed by atoms with van der Waals surface area (Å²) in [5.41, 5.74) is 0.867. The molecule has 0 amide bonds. The molecule has 7 heteroatoms. The number of benzene rings is 2. The fourth-order valence-electron chi connectivity index (χ4n) is 1.76. The Morgan fingerprint density at radius 2 is 1.62 bits per heavy atom. The van der Waals surface area contributed by atoms with Crippen molar-refractivity contribution in [2.75, 3.05) is 0 Å². The van der Waals surface area contributed by atoms with Crippen LogP contribution in [0.1, 0.15) is 11.1 Å². The fourth-order valence-corrected chi connectivity index (χ4v) is 1.76. The maximum absolute atomic E-state index is 12.9. The first kappa shape index (κ1) is 18.7. The minimum Gasteiger partial charge on any atom is -0.489 e. The zero-order valence-corrected chi connectivity index (χ0v) is 14.9. The van der Waals surface area contributed by atoms with Gasteiger partial charge in [-0.3, -0.25) is 0 Å². The first-order chi connectivity index (χ1) is 9.36. The minimum absolute atomic E-state index is 0. The van der Waals surface area contributed by atoms with Crippen molar-refractivity contribution in [1.82, 2.24) is 0 Å². The molecule has 0 aromatic heterocycles. The summed E-state index contributed by atoms with van der Waals surface area (Å²) < 4.78 is 55.7. The standard InChI is InChI=1S/C14H12BF4O.K/c1-10-8-13(16)5-2-11(10)9-20-14-6-3-12(4-7-14)15(17,18)19;/h2-8H,9H2,1H3;/q-1;+1. The van der Waals surface area contributed by atoms with Gasteiger partial charge in [-0.2, -0.15) is 0 Å². The van der Waals surface area contributed by atoms with Crippen LogP contribution in [0.25, 0.3) is 0 Å². The van der Waals surface area contributed by atoms with Crippen molar-refractivity contribution in [3.05, 3.63) is 59.4 Å². The van der Waals surface area contributed by atoms with E-state index in [4.69, 9.17) is 4.74 Å². The largest absolute Gasteiger partial charge is 1.00 e. The smallest absolute Gasteiger partial charge is 0.489 e. The SMILES string of the molecule is Cc1cc(F)ccc1COc1ccc([B-](F)(F)F)cc1.[K+]. The zero-order chi connectivity index (χ0) is 14.8. The Balaban J connectivity index is 0.00000220. The van der Waals surface area contributed by atoms with Crippen molar-refractivity contribution in [2.24, 2.45) is 0 Å². The third-order valence-electron chi connectivity index (χ3n) is 2.96. The molecule has 2 aromatic carbocycles. The van der Waals surface area contributed by atoms with Crippen LogP contribution in [-0.4, -0.2) is 6.98 Å². The molecular weight excluding hydrogens is 310 g/mol. The van der Waals surface area contributed by atoms with Crippen molar-refractivity contribution in [2.45, 2.75) is 13.5 Å². The summed E-state index contributed by atoms with van der Waals surface area (Å²) >= 11 is 0. The summed E-state index contributed by atoms with van der Waals surface area (Å²) in [6.45, 7) is -3.06. The normalized spacial score (nSPS) is 10.9. The fraction of sp³-hybridized carbons (Fsp3) is 0.143. The summed E-state index contributed by atoms with van der Waals surface area (Å²) in [6, 6.07) is 8.85. The number of aryl methyl sites for hydroxylation is 1. The third kappa shape index (κ3) is 5.41. The molecule has 21 heavy (non-hydrogen) atoms. The van der Waals surface area contributed by atoms with Crippen LogP contribution < -0.4 is 61.6 Å². The number of hydrogen-bond acceptors (Lipinski definition) is 1. The number of hydrogen-bond donors (Lipinski definition) is 0. The topological polar surface area (TPSA) is 9.23 Å². The van der Waals surface area contributed by atoms with Crippen molar-refractivity contribution in [3.8, 4) is 5.75 Å². The van der Waals surface area contributed by atoms with Crippen LogP contribution in [0.5, 0.6) is 5.75 Å². The van der Waals surface area contributed by atoms with Gasteiger partial charge in [0.05, 0.1) is 0 Å². The van der Waals surface area contributed by atoms with E-state index in [1.165, 1.54) is 24.3 Å². The Labute approximate surface area is 163 Å². The molecule has 2 rings (SSSR count). The molecule has 0 aliphatic rings. The van der Waals surface area contributed by atoms with Gasteiger partial charge >= 0.3 is 58.4 Å². The quantitative estimate of drug-likeness (QED) is 0.597. The van der Waals surface area contributed by atoms with Gasteiger partial charge in [0.25, 0.3) is 0 Å². The van der Waals surface area contributed by atoms with Gasteiger partial charge in [-0.1, -0.05) is 18.2 Å². The third-order valence-corrected chi connectivity index (χ3v) is 2.96. The Bertz CT molecular complexity index is 599. The molecule has 2 aromatic rings. The average Bonchev–Trinajstić information content (AvgIpc) is 2.37. The summed E-state index contributed by atoms with van der Waals surface area (Å²) in [5.74, 6) is 0.0144. The molecule has 0 saturated carbocycles. The molecule has 0 heterocycles. The van der Waals surface area contributed by atoms with Crippen LogP contribution in [0.15, 0.2) is 42.5 Å². The van der Waals surface area contributed by atoms with Crippen LogP contribution in [0.3, 0.4) is 0 Å². The molecule has 0 fully saturated rings. The summed E-state index contributed by atoms with van der Waals surface area (Å²) in [4.78, 5) is 0. The number of halogens is 4. The van der Waals surface area contributed by atoms with E-state index in [2.05, 4.69) is 0 Å². The molecule has 0 aliphatic heterocycles. The van der Waals surface area contributed by atoms with Crippen molar-refractivity contribution in [1.29, 1.82) is 0 Å². The van der Waals surface area contributed by atoms with Crippen molar-refractivity contribution < 1.29 is 73.5 Å². The van der Waals surface area contributed by atoms with E-state index in [9.17, 15) is 17.3 Å². The second-order valence-corrected chi connectivity index (χ2v) is 4.50. The Morgan fingerprint density at radius 1 is 1.00 bits per heavy atom. The molecule has 0 aliphatic carbocycles. The Morgan fingerprint density at radius 3 is 2.14 bits per heavy atom. The van der Waals surface area contributed by atoms with E-state index < -0.39 is 12.4 Å². The van der Waals surface area contributed by atoms with Gasteiger partial charge in [-0.25, -0.2) is 4.39 Å². The predicted octanol–water partition coefficient (Wildman–Crippen LogP) is 0.772. The second-order valence-electron chi connectivity index (χ2n) is 4.50. The zero-order valence-electron chi connectivity index (χ0n) is 11.7. The van der Waals surface area contributed by atoms with Gasteiger partial charge in [-0.15, -0.1) is 5.46 Å². The molecule has 0 radical (unpaired) electrons. The maximum Gasteiger partial charge on any atom is 1.00 e. The van der Waals surface area contributed by atoms with Crippen molar-refractivity contribution >= 4 is 12.4 Å². The van der Waals surface area contributed by atoms with E-state index in [1.54, 1.807) is 13.0 Å². The molecule has 0 atom stereocenters. The number of ether oxygens (including phenoxy) is 1. The molecule has 0 unspecified atom stereocenters. The van der Waals surface area contributed by atoms with Gasteiger partial charge in [-0.05, 0) is 42.3 Å². The molecule has 106 valence electrons. The van der Waals surface area contributed by atoms with Crippen molar-refractivity contribution in [3.63, 3.8) is 0 Å². The first-order valence-electron chi connectivity index (χ1n) is 6.04. The number of rotatable bonds is 4. The molecule has 0 saturated heterocycles. The van der Waals surface area contributed by atoms with Crippen LogP contribution in [0, 0.1) is 12.7 Å². The molecule has 0 spiro atoms. The van der Waals surface area contributed by atoms with E-state index in [0.29, 0.717) is 5.75 Å². The van der Waals surface area contributed by atoms with Crippen LogP contribution in [0.2, 0.25) is 0 Å². The second kappa shape index (κ2) is 7.78. The van der Waals surface area contributed by atoms with E-state index >= 15 is 0 Å². The van der Waals surface area contributed by atoms with E-state index in [1.807, 2.05) is 0 Å². The Kier molecular flexibility index (Phi) is 6.93. The van der Waals surface area contributed by atoms with Crippen LogP contribution in [0.4, 0.5) is 17.3 Å². The van der Waals surface area contributed by atoms with Gasteiger partial charge < -0.3 is 17.7 Å². The van der Waals surface area contributed by atoms with E-state index in [0.717, 1.165) is 23.3 Å². The van der Waals surface area contributed by atoms with Gasteiger partial charge in [0.1, 0.15) is 18.2 Å². The molecule has 1 nitrogen and oxygen atoms in total. The molecular formula is C14H12BF4KO. The summed E-state index contributed by atoms with van der Waals surface area (Å²) in [7, 11) is 0. The summed E-state index contributed by atoms with van der Waals surface area (Å²) in [5, 5.41) is 0. The minimum atomic E-state index is -4.99. The van der Waals surface area contributed by atoms with Gasteiger partial charge in [0.15, 0.2) is 0 Å². The molecule has 0 bridgehead atoms. The predicted molar refractivity (Wildman–Crippen MR) is 70.6 cm³/mol. The van der Waals surface area contributed by atoms with Gasteiger partial charge in [0.2, 0.25) is 0 Å². The first-order valence-corrected chi connectivity index (χ1v) is 6.04. The maximum atomic E-state index is 12.9.